The SMILES string of the molecule is O=C(Nc1cccc(C(F)(F)F)c1)C1CCN(S(=O)(=O)c2ccc(-n3ncc(Cl)c(Cl)c3=O)cc2)CC1. The molecule has 4 rings (SSSR count). The van der Waals surface area contributed by atoms with Gasteiger partial charge in [0, 0.05) is 24.7 Å². The molecule has 8 nitrogen and oxygen atoms in total. The topological polar surface area (TPSA) is 101 Å². The highest BCUT2D eigenvalue weighted by Gasteiger charge is 2.33. The third-order valence-electron chi connectivity index (χ3n) is 5.88. The number of nitrogens with zero attached hydrogens (tertiary/aromatic N) is 3. The third kappa shape index (κ3) is 5.82. The average Bonchev–Trinajstić information content (AvgIpc) is 2.87. The molecule has 1 saturated heterocycles. The smallest absolute Gasteiger partial charge is 0.326 e. The van der Waals surface area contributed by atoms with Crippen LogP contribution in [0.2, 0.25) is 10.0 Å². The minimum absolute atomic E-state index is 0.00553. The lowest BCUT2D eigenvalue weighted by Crippen LogP contribution is -2.41. The molecule has 3 aromatic rings. The summed E-state index contributed by atoms with van der Waals surface area (Å²) in [4.78, 5) is 24.8. The molecule has 1 fully saturated rings. The van der Waals surface area contributed by atoms with Crippen molar-refractivity contribution in [1.29, 1.82) is 0 Å². The maximum absolute atomic E-state index is 13.1. The zero-order valence-corrected chi connectivity index (χ0v) is 21.2. The molecule has 0 atom stereocenters. The predicted molar refractivity (Wildman–Crippen MR) is 131 cm³/mol. The van der Waals surface area contributed by atoms with E-state index in [2.05, 4.69) is 10.4 Å². The quantitative estimate of drug-likeness (QED) is 0.480. The van der Waals surface area contributed by atoms with Crippen LogP contribution in [0.25, 0.3) is 5.69 Å². The Morgan fingerprint density at radius 3 is 2.32 bits per heavy atom. The van der Waals surface area contributed by atoms with E-state index < -0.39 is 39.1 Å². The molecule has 2 aromatic carbocycles. The highest BCUT2D eigenvalue weighted by molar-refractivity contribution is 7.89. The summed E-state index contributed by atoms with van der Waals surface area (Å²) in [6.07, 6.45) is -2.94. The largest absolute Gasteiger partial charge is 0.416 e. The van der Waals surface area contributed by atoms with Crippen molar-refractivity contribution in [1.82, 2.24) is 14.1 Å². The van der Waals surface area contributed by atoms with Gasteiger partial charge < -0.3 is 5.32 Å². The van der Waals surface area contributed by atoms with Gasteiger partial charge in [-0.25, -0.2) is 8.42 Å². The zero-order chi connectivity index (χ0) is 27.0. The van der Waals surface area contributed by atoms with Gasteiger partial charge in [-0.1, -0.05) is 29.3 Å². The second kappa shape index (κ2) is 10.4. The monoisotopic (exact) mass is 574 g/mol. The van der Waals surface area contributed by atoms with Crippen LogP contribution in [0.15, 0.2) is 64.4 Å². The van der Waals surface area contributed by atoms with Crippen LogP contribution in [0.1, 0.15) is 18.4 Å². The number of anilines is 1. The maximum Gasteiger partial charge on any atom is 0.416 e. The first kappa shape index (κ1) is 27.1. The molecule has 0 spiro atoms. The molecule has 1 N–H and O–H groups in total. The number of rotatable bonds is 5. The lowest BCUT2D eigenvalue weighted by atomic mass is 9.97. The van der Waals surface area contributed by atoms with Gasteiger partial charge in [0.25, 0.3) is 5.56 Å². The second-order valence-corrected chi connectivity index (χ2v) is 11.0. The van der Waals surface area contributed by atoms with Crippen LogP contribution >= 0.6 is 23.2 Å². The highest BCUT2D eigenvalue weighted by Crippen LogP contribution is 2.31. The van der Waals surface area contributed by atoms with Crippen molar-refractivity contribution in [2.75, 3.05) is 18.4 Å². The summed E-state index contributed by atoms with van der Waals surface area (Å²) in [5, 5.41) is 6.16. The van der Waals surface area contributed by atoms with Crippen LogP contribution in [0.4, 0.5) is 18.9 Å². The Hall–Kier alpha value is -2.93. The molecule has 1 aliphatic heterocycles. The number of alkyl halides is 3. The van der Waals surface area contributed by atoms with Crippen molar-refractivity contribution in [3.8, 4) is 5.69 Å². The van der Waals surface area contributed by atoms with E-state index in [9.17, 15) is 31.2 Å². The number of carbonyl (C=O) groups excluding carboxylic acids is 1. The van der Waals surface area contributed by atoms with E-state index in [0.29, 0.717) is 0 Å². The Morgan fingerprint density at radius 2 is 1.70 bits per heavy atom. The number of carbonyl (C=O) groups is 1. The van der Waals surface area contributed by atoms with Gasteiger partial charge in [0.1, 0.15) is 5.02 Å². The lowest BCUT2D eigenvalue weighted by Gasteiger charge is -2.30. The number of benzene rings is 2. The maximum atomic E-state index is 13.1. The fourth-order valence-corrected chi connectivity index (χ4v) is 5.60. The summed E-state index contributed by atoms with van der Waals surface area (Å²) < 4.78 is 67.1. The van der Waals surface area contributed by atoms with E-state index in [1.807, 2.05) is 0 Å². The normalized spacial score (nSPS) is 15.5. The minimum Gasteiger partial charge on any atom is -0.326 e. The first-order chi connectivity index (χ1) is 17.4. The summed E-state index contributed by atoms with van der Waals surface area (Å²) in [7, 11) is -3.89. The lowest BCUT2D eigenvalue weighted by molar-refractivity contribution is -0.137. The molecule has 0 saturated carbocycles. The number of aromatic nitrogens is 2. The van der Waals surface area contributed by atoms with Crippen LogP contribution in [0.3, 0.4) is 0 Å². The van der Waals surface area contributed by atoms with Gasteiger partial charge in [-0.3, -0.25) is 9.59 Å². The molecule has 196 valence electrons. The van der Waals surface area contributed by atoms with Crippen LogP contribution in [0, 0.1) is 5.92 Å². The minimum atomic E-state index is -4.53. The van der Waals surface area contributed by atoms with Gasteiger partial charge in [0.15, 0.2) is 0 Å². The molecule has 2 heterocycles. The molecule has 0 bridgehead atoms. The molecule has 14 heteroatoms. The standard InChI is InChI=1S/C23H19Cl2F3N4O4S/c24-19-13-29-32(22(34)20(19)25)17-4-6-18(7-5-17)37(35,36)31-10-8-14(9-11-31)21(33)30-16-3-1-2-15(12-16)23(26,27)28/h1-7,12-14H,8-11H2,(H,30,33). The predicted octanol–water partition coefficient (Wildman–Crippen LogP) is 4.60. The Labute approximate surface area is 219 Å². The van der Waals surface area contributed by atoms with Crippen molar-refractivity contribution in [3.05, 3.63) is 80.7 Å². The van der Waals surface area contributed by atoms with E-state index in [0.717, 1.165) is 16.8 Å². The fraction of sp³-hybridized carbons (Fsp3) is 0.261. The number of nitrogens with one attached hydrogen (secondary N) is 1. The van der Waals surface area contributed by atoms with Crippen LogP contribution in [-0.2, 0) is 21.0 Å². The molecule has 0 unspecified atom stereocenters. The first-order valence-corrected chi connectivity index (χ1v) is 13.1. The molecular weight excluding hydrogens is 556 g/mol. The zero-order valence-electron chi connectivity index (χ0n) is 18.9. The molecular formula is C23H19Cl2F3N4O4S. The molecule has 0 radical (unpaired) electrons. The number of piperidine rings is 1. The van der Waals surface area contributed by atoms with Crippen LogP contribution < -0.4 is 10.9 Å². The number of hydrogen-bond donors (Lipinski definition) is 1. The molecule has 1 aliphatic rings. The van der Waals surface area contributed by atoms with Crippen molar-refractivity contribution in [2.24, 2.45) is 5.92 Å². The van der Waals surface area contributed by atoms with E-state index in [-0.39, 0.29) is 52.2 Å². The number of sulfonamides is 1. The summed E-state index contributed by atoms with van der Waals surface area (Å²) in [6.45, 7) is 0.108. The number of hydrogen-bond acceptors (Lipinski definition) is 5. The van der Waals surface area contributed by atoms with Gasteiger partial charge in [0.2, 0.25) is 15.9 Å². The van der Waals surface area contributed by atoms with E-state index in [1.54, 1.807) is 0 Å². The van der Waals surface area contributed by atoms with E-state index >= 15 is 0 Å². The second-order valence-electron chi connectivity index (χ2n) is 8.26. The van der Waals surface area contributed by atoms with Gasteiger partial charge in [-0.05, 0) is 55.3 Å². The summed E-state index contributed by atoms with van der Waals surface area (Å²) >= 11 is 11.6. The van der Waals surface area contributed by atoms with Crippen LogP contribution in [-0.4, -0.2) is 41.5 Å². The van der Waals surface area contributed by atoms with Gasteiger partial charge in [-0.2, -0.15) is 27.3 Å². The molecule has 37 heavy (non-hydrogen) atoms. The van der Waals surface area contributed by atoms with Crippen molar-refractivity contribution in [3.63, 3.8) is 0 Å². The van der Waals surface area contributed by atoms with Crippen molar-refractivity contribution < 1.29 is 26.4 Å². The third-order valence-corrected chi connectivity index (χ3v) is 8.54. The summed E-state index contributed by atoms with van der Waals surface area (Å²) in [5.41, 5.74) is -1.23. The Kier molecular flexibility index (Phi) is 7.65. The Balaban J connectivity index is 1.41. The molecule has 1 amide bonds. The molecule has 1 aromatic heterocycles. The molecule has 0 aliphatic carbocycles. The van der Waals surface area contributed by atoms with Gasteiger partial charge >= 0.3 is 6.18 Å². The van der Waals surface area contributed by atoms with E-state index in [1.165, 1.54) is 46.9 Å². The average molecular weight is 575 g/mol. The Bertz CT molecular complexity index is 1490. The van der Waals surface area contributed by atoms with Gasteiger partial charge in [0.05, 0.1) is 27.4 Å². The van der Waals surface area contributed by atoms with Crippen molar-refractivity contribution in [2.45, 2.75) is 23.9 Å². The summed E-state index contributed by atoms with van der Waals surface area (Å²) in [5.74, 6) is -1.03. The summed E-state index contributed by atoms with van der Waals surface area (Å²) in [6, 6.07) is 9.78. The van der Waals surface area contributed by atoms with E-state index in [4.69, 9.17) is 23.2 Å². The van der Waals surface area contributed by atoms with Crippen molar-refractivity contribution >= 4 is 44.8 Å². The first-order valence-electron chi connectivity index (χ1n) is 10.9. The van der Waals surface area contributed by atoms with Gasteiger partial charge in [-0.15, -0.1) is 0 Å². The number of halogens is 5. The van der Waals surface area contributed by atoms with Crippen LogP contribution in [0.5, 0.6) is 0 Å². The highest BCUT2D eigenvalue weighted by atomic mass is 35.5. The Morgan fingerprint density at radius 1 is 1.05 bits per heavy atom. The fourth-order valence-electron chi connectivity index (χ4n) is 3.88. The number of amides is 1.